The van der Waals surface area contributed by atoms with Gasteiger partial charge < -0.3 is 10.2 Å². The van der Waals surface area contributed by atoms with Gasteiger partial charge in [0.15, 0.2) is 0 Å². The molecule has 4 nitrogen and oxygen atoms in total. The van der Waals surface area contributed by atoms with Gasteiger partial charge in [-0.25, -0.2) is 0 Å². The van der Waals surface area contributed by atoms with Crippen molar-refractivity contribution < 1.29 is 9.59 Å². The summed E-state index contributed by atoms with van der Waals surface area (Å²) in [7, 11) is 0. The van der Waals surface area contributed by atoms with Crippen LogP contribution in [0.25, 0.3) is 0 Å². The summed E-state index contributed by atoms with van der Waals surface area (Å²) < 4.78 is 0. The third-order valence-electron chi connectivity index (χ3n) is 3.47. The molecule has 1 atom stereocenters. The van der Waals surface area contributed by atoms with E-state index >= 15 is 0 Å². The predicted molar refractivity (Wildman–Crippen MR) is 99.3 cm³/mol. The Labute approximate surface area is 154 Å². The van der Waals surface area contributed by atoms with E-state index in [-0.39, 0.29) is 17.4 Å². The minimum atomic E-state index is -0.572. The van der Waals surface area contributed by atoms with Crippen LogP contribution in [0.4, 0.5) is 0 Å². The maximum absolute atomic E-state index is 12.5. The van der Waals surface area contributed by atoms with Crippen LogP contribution in [0.3, 0.4) is 0 Å². The van der Waals surface area contributed by atoms with Crippen LogP contribution < -0.4 is 5.32 Å². The lowest BCUT2D eigenvalue weighted by molar-refractivity contribution is -0.141. The zero-order valence-electron chi connectivity index (χ0n) is 15.0. The third-order valence-corrected chi connectivity index (χ3v) is 4.21. The van der Waals surface area contributed by atoms with Gasteiger partial charge in [0.1, 0.15) is 6.04 Å². The van der Waals surface area contributed by atoms with Gasteiger partial charge in [0.2, 0.25) is 11.8 Å². The molecule has 0 radical (unpaired) electrons. The minimum absolute atomic E-state index is 0.0554. The van der Waals surface area contributed by atoms with E-state index in [0.717, 1.165) is 12.0 Å². The Balaban J connectivity index is 3.00. The molecule has 0 aliphatic carbocycles. The molecule has 0 aliphatic heterocycles. The monoisotopic (exact) mass is 372 g/mol. The van der Waals surface area contributed by atoms with Crippen molar-refractivity contribution in [3.63, 3.8) is 0 Å². The first-order valence-corrected chi connectivity index (χ1v) is 8.86. The number of halogens is 2. The van der Waals surface area contributed by atoms with Crippen molar-refractivity contribution in [2.24, 2.45) is 0 Å². The lowest BCUT2D eigenvalue weighted by Gasteiger charge is -2.31. The topological polar surface area (TPSA) is 49.4 Å². The molecule has 6 heteroatoms. The van der Waals surface area contributed by atoms with Gasteiger partial charge in [0.05, 0.1) is 10.0 Å². The second kappa shape index (κ2) is 8.72. The summed E-state index contributed by atoms with van der Waals surface area (Å²) in [5.41, 5.74) is 0.484. The van der Waals surface area contributed by atoms with E-state index in [1.165, 1.54) is 0 Å². The summed E-state index contributed by atoms with van der Waals surface area (Å²) in [6.07, 6.45) is 1.12. The van der Waals surface area contributed by atoms with Crippen molar-refractivity contribution in [2.75, 3.05) is 0 Å². The van der Waals surface area contributed by atoms with Crippen molar-refractivity contribution in [1.82, 2.24) is 10.2 Å². The molecule has 0 fully saturated rings. The molecule has 1 unspecified atom stereocenters. The minimum Gasteiger partial charge on any atom is -0.350 e. The molecule has 0 heterocycles. The molecule has 1 N–H and O–H groups in total. The highest BCUT2D eigenvalue weighted by atomic mass is 35.5. The van der Waals surface area contributed by atoms with Crippen LogP contribution >= 0.6 is 23.2 Å². The number of carbonyl (C=O) groups is 2. The maximum Gasteiger partial charge on any atom is 0.242 e. The summed E-state index contributed by atoms with van der Waals surface area (Å²) in [6, 6.07) is 4.67. The number of amides is 2. The smallest absolute Gasteiger partial charge is 0.242 e. The summed E-state index contributed by atoms with van der Waals surface area (Å²) in [5, 5.41) is 3.82. The zero-order valence-corrected chi connectivity index (χ0v) is 16.5. The Morgan fingerprint density at radius 2 is 1.83 bits per heavy atom. The highest BCUT2D eigenvalue weighted by Gasteiger charge is 2.27. The third kappa shape index (κ3) is 6.33. The molecule has 0 aliphatic rings. The molecule has 1 rings (SSSR count). The van der Waals surface area contributed by atoms with Crippen LogP contribution in [0.15, 0.2) is 18.2 Å². The van der Waals surface area contributed by atoms with E-state index in [1.54, 1.807) is 24.0 Å². The van der Waals surface area contributed by atoms with Gasteiger partial charge >= 0.3 is 0 Å². The maximum atomic E-state index is 12.5. The van der Waals surface area contributed by atoms with Crippen molar-refractivity contribution in [3.8, 4) is 0 Å². The molecule has 1 aromatic carbocycles. The predicted octanol–water partition coefficient (Wildman–Crippen LogP) is 4.43. The average Bonchev–Trinajstić information content (AvgIpc) is 2.46. The number of nitrogens with one attached hydrogen (secondary N) is 1. The second-order valence-electron chi connectivity index (χ2n) is 6.94. The first-order chi connectivity index (χ1) is 11.0. The van der Waals surface area contributed by atoms with Crippen molar-refractivity contribution in [3.05, 3.63) is 33.8 Å². The highest BCUT2D eigenvalue weighted by Crippen LogP contribution is 2.24. The van der Waals surface area contributed by atoms with E-state index in [2.05, 4.69) is 5.32 Å². The quantitative estimate of drug-likeness (QED) is 0.802. The van der Waals surface area contributed by atoms with Gasteiger partial charge in [-0.3, -0.25) is 9.59 Å². The Bertz CT molecular complexity index is 597. The number of benzene rings is 1. The molecule has 0 spiro atoms. The Kier molecular flexibility index (Phi) is 7.56. The van der Waals surface area contributed by atoms with Gasteiger partial charge in [-0.15, -0.1) is 0 Å². The van der Waals surface area contributed by atoms with Crippen LogP contribution in [-0.4, -0.2) is 28.3 Å². The van der Waals surface area contributed by atoms with Gasteiger partial charge in [0, 0.05) is 18.5 Å². The van der Waals surface area contributed by atoms with Crippen LogP contribution in [0, 0.1) is 0 Å². The number of carbonyl (C=O) groups excluding carboxylic acids is 2. The molecular weight excluding hydrogens is 347 g/mol. The Morgan fingerprint density at radius 3 is 2.33 bits per heavy atom. The second-order valence-corrected chi connectivity index (χ2v) is 7.75. The first kappa shape index (κ1) is 20.8. The molecular formula is C18H26Cl2N2O2. The standard InChI is InChI=1S/C18H26Cl2N2O2/c1-6-7-16(23)22(12(2)17(24)21-18(3,4)5)11-13-8-9-14(19)15(20)10-13/h8-10,12H,6-7,11H2,1-5H3,(H,21,24). The lowest BCUT2D eigenvalue weighted by Crippen LogP contribution is -2.52. The van der Waals surface area contributed by atoms with E-state index in [4.69, 9.17) is 23.2 Å². The normalized spacial score (nSPS) is 12.6. The number of hydrogen-bond acceptors (Lipinski definition) is 2. The SMILES string of the molecule is CCCC(=O)N(Cc1ccc(Cl)c(Cl)c1)C(C)C(=O)NC(C)(C)C. The highest BCUT2D eigenvalue weighted by molar-refractivity contribution is 6.42. The van der Waals surface area contributed by atoms with Crippen molar-refractivity contribution >= 4 is 35.0 Å². The molecule has 134 valence electrons. The van der Waals surface area contributed by atoms with Crippen molar-refractivity contribution in [1.29, 1.82) is 0 Å². The Hall–Kier alpha value is -1.26. The summed E-state index contributed by atoms with van der Waals surface area (Å²) >= 11 is 12.0. The van der Waals surface area contributed by atoms with E-state index in [9.17, 15) is 9.59 Å². The number of hydrogen-bond donors (Lipinski definition) is 1. The molecule has 0 bridgehead atoms. The Morgan fingerprint density at radius 1 is 1.21 bits per heavy atom. The summed E-state index contributed by atoms with van der Waals surface area (Å²) in [4.78, 5) is 26.6. The van der Waals surface area contributed by atoms with Crippen LogP contribution in [0.5, 0.6) is 0 Å². The van der Waals surface area contributed by atoms with Crippen LogP contribution in [0.1, 0.15) is 53.0 Å². The van der Waals surface area contributed by atoms with Crippen LogP contribution in [-0.2, 0) is 16.1 Å². The van der Waals surface area contributed by atoms with Crippen LogP contribution in [0.2, 0.25) is 10.0 Å². The van der Waals surface area contributed by atoms with Gasteiger partial charge in [-0.2, -0.15) is 0 Å². The fourth-order valence-corrected chi connectivity index (χ4v) is 2.57. The van der Waals surface area contributed by atoms with Crippen molar-refractivity contribution in [2.45, 2.75) is 65.6 Å². The van der Waals surface area contributed by atoms with E-state index < -0.39 is 6.04 Å². The van der Waals surface area contributed by atoms with E-state index in [1.807, 2.05) is 33.8 Å². The molecule has 0 saturated heterocycles. The number of rotatable bonds is 6. The molecule has 24 heavy (non-hydrogen) atoms. The van der Waals surface area contributed by atoms with Gasteiger partial charge in [0.25, 0.3) is 0 Å². The fraction of sp³-hybridized carbons (Fsp3) is 0.556. The molecule has 0 aromatic heterocycles. The zero-order chi connectivity index (χ0) is 18.5. The fourth-order valence-electron chi connectivity index (χ4n) is 2.25. The average molecular weight is 373 g/mol. The van der Waals surface area contributed by atoms with E-state index in [0.29, 0.717) is 23.0 Å². The molecule has 2 amide bonds. The first-order valence-electron chi connectivity index (χ1n) is 8.10. The number of nitrogens with zero attached hydrogens (tertiary/aromatic N) is 1. The summed E-state index contributed by atoms with van der Waals surface area (Å²) in [5.74, 6) is -0.229. The van der Waals surface area contributed by atoms with Gasteiger partial charge in [-0.05, 0) is 51.8 Å². The molecule has 0 saturated carbocycles. The molecule has 1 aromatic rings. The summed E-state index contributed by atoms with van der Waals surface area (Å²) in [6.45, 7) is 9.73. The lowest BCUT2D eigenvalue weighted by atomic mass is 10.1. The van der Waals surface area contributed by atoms with Gasteiger partial charge in [-0.1, -0.05) is 36.2 Å². The largest absolute Gasteiger partial charge is 0.350 e.